The number of amidine groups is 1. The quantitative estimate of drug-likeness (QED) is 0.113. The molecule has 4 rings (SSSR count). The highest BCUT2D eigenvalue weighted by atomic mass is 16.5. The summed E-state index contributed by atoms with van der Waals surface area (Å²) in [6.07, 6.45) is 1.95. The van der Waals surface area contributed by atoms with Crippen LogP contribution in [0.15, 0.2) is 96.0 Å². The number of hydrogen-bond acceptors (Lipinski definition) is 3. The summed E-state index contributed by atoms with van der Waals surface area (Å²) in [5.74, 6) is 2.24. The van der Waals surface area contributed by atoms with E-state index in [4.69, 9.17) is 21.0 Å². The Morgan fingerprint density at radius 2 is 1.68 bits per heavy atom. The molecule has 0 heterocycles. The van der Waals surface area contributed by atoms with E-state index in [2.05, 4.69) is 73.4 Å². The molecule has 5 heteroatoms. The summed E-state index contributed by atoms with van der Waals surface area (Å²) in [6.45, 7) is 16.1. The summed E-state index contributed by atoms with van der Waals surface area (Å²) in [5.41, 5.74) is 7.19. The molecular formula is C35H37N3O2. The van der Waals surface area contributed by atoms with Gasteiger partial charge in [0, 0.05) is 19.2 Å². The van der Waals surface area contributed by atoms with E-state index in [0.29, 0.717) is 24.7 Å². The van der Waals surface area contributed by atoms with E-state index in [1.165, 1.54) is 16.7 Å². The van der Waals surface area contributed by atoms with Crippen LogP contribution in [0, 0.1) is 13.5 Å². The summed E-state index contributed by atoms with van der Waals surface area (Å²) in [5, 5.41) is 3.47. The van der Waals surface area contributed by atoms with Gasteiger partial charge in [0.2, 0.25) is 0 Å². The molecule has 204 valence electrons. The molecule has 40 heavy (non-hydrogen) atoms. The van der Waals surface area contributed by atoms with Gasteiger partial charge >= 0.3 is 0 Å². The Hall–Kier alpha value is -4.56. The average molecular weight is 532 g/mol. The highest BCUT2D eigenvalue weighted by Crippen LogP contribution is 2.30. The SMILES string of the molecule is [C-]#[N+]c1cccc(COc2cc(OCc3cccc(-c4ccccc4)c3C)ccc2C(=NCCC)NCCC)c1. The molecule has 4 aromatic carbocycles. The number of benzene rings is 4. The normalized spacial score (nSPS) is 11.1. The van der Waals surface area contributed by atoms with Crippen LogP contribution >= 0.6 is 0 Å². The van der Waals surface area contributed by atoms with E-state index >= 15 is 0 Å². The van der Waals surface area contributed by atoms with Crippen LogP contribution in [0.2, 0.25) is 0 Å². The van der Waals surface area contributed by atoms with Crippen LogP contribution in [-0.4, -0.2) is 18.9 Å². The van der Waals surface area contributed by atoms with E-state index in [1.54, 1.807) is 6.07 Å². The Morgan fingerprint density at radius 1 is 0.850 bits per heavy atom. The number of ether oxygens (including phenoxy) is 2. The topological polar surface area (TPSA) is 47.2 Å². The largest absolute Gasteiger partial charge is 0.489 e. The fraction of sp³-hybridized carbons (Fsp3) is 0.257. The lowest BCUT2D eigenvalue weighted by atomic mass is 9.97. The molecule has 0 aliphatic rings. The molecule has 0 bridgehead atoms. The van der Waals surface area contributed by atoms with Gasteiger partial charge in [0.1, 0.15) is 30.5 Å². The van der Waals surface area contributed by atoms with Crippen LogP contribution in [0.3, 0.4) is 0 Å². The number of hydrogen-bond donors (Lipinski definition) is 1. The Labute approximate surface area is 238 Å². The minimum absolute atomic E-state index is 0.340. The van der Waals surface area contributed by atoms with Gasteiger partial charge in [-0.1, -0.05) is 80.6 Å². The highest BCUT2D eigenvalue weighted by molar-refractivity contribution is 6.01. The van der Waals surface area contributed by atoms with Gasteiger partial charge in [-0.3, -0.25) is 4.99 Å². The summed E-state index contributed by atoms with van der Waals surface area (Å²) >= 11 is 0. The molecule has 0 saturated heterocycles. The average Bonchev–Trinajstić information content (AvgIpc) is 3.00. The standard InChI is InChI=1S/C35H37N3O2/c1-5-20-37-35(38-21-6-2)33-19-18-31(23-34(33)40-24-27-12-10-16-30(22-27)36-4)39-25-29-15-11-17-32(26(29)3)28-13-8-7-9-14-28/h7-19,22-23H,5-6,20-21,24-25H2,1-3H3,(H,37,38). The second kappa shape index (κ2) is 14.6. The minimum Gasteiger partial charge on any atom is -0.489 e. The van der Waals surface area contributed by atoms with Crippen molar-refractivity contribution in [1.82, 2.24) is 5.32 Å². The predicted octanol–water partition coefficient (Wildman–Crippen LogP) is 8.53. The van der Waals surface area contributed by atoms with Gasteiger partial charge in [0.25, 0.3) is 0 Å². The van der Waals surface area contributed by atoms with Crippen molar-refractivity contribution in [3.05, 3.63) is 125 Å². The van der Waals surface area contributed by atoms with E-state index < -0.39 is 0 Å². The van der Waals surface area contributed by atoms with Gasteiger partial charge in [-0.15, -0.1) is 0 Å². The number of nitrogens with zero attached hydrogens (tertiary/aromatic N) is 2. The zero-order valence-electron chi connectivity index (χ0n) is 23.6. The van der Waals surface area contributed by atoms with Crippen molar-refractivity contribution in [1.29, 1.82) is 0 Å². The fourth-order valence-electron chi connectivity index (χ4n) is 4.42. The maximum atomic E-state index is 7.32. The molecular weight excluding hydrogens is 494 g/mol. The van der Waals surface area contributed by atoms with Crippen LogP contribution < -0.4 is 14.8 Å². The summed E-state index contributed by atoms with van der Waals surface area (Å²) in [7, 11) is 0. The van der Waals surface area contributed by atoms with Crippen LogP contribution in [0.1, 0.15) is 48.9 Å². The van der Waals surface area contributed by atoms with Gasteiger partial charge in [-0.25, -0.2) is 4.85 Å². The van der Waals surface area contributed by atoms with Gasteiger partial charge in [0.15, 0.2) is 5.69 Å². The van der Waals surface area contributed by atoms with Crippen LogP contribution in [0.5, 0.6) is 11.5 Å². The zero-order valence-corrected chi connectivity index (χ0v) is 23.6. The molecule has 0 aliphatic heterocycles. The van der Waals surface area contributed by atoms with Crippen molar-refractivity contribution in [2.24, 2.45) is 4.99 Å². The Kier molecular flexibility index (Phi) is 10.4. The maximum Gasteiger partial charge on any atom is 0.187 e. The number of nitrogens with one attached hydrogen (secondary N) is 1. The van der Waals surface area contributed by atoms with Crippen molar-refractivity contribution in [3.8, 4) is 22.6 Å². The lowest BCUT2D eigenvalue weighted by Gasteiger charge is -2.17. The third kappa shape index (κ3) is 7.51. The molecule has 5 nitrogen and oxygen atoms in total. The number of rotatable bonds is 12. The molecule has 0 aromatic heterocycles. The monoisotopic (exact) mass is 531 g/mol. The van der Waals surface area contributed by atoms with Crippen molar-refractivity contribution < 1.29 is 9.47 Å². The molecule has 0 unspecified atom stereocenters. The molecule has 1 N–H and O–H groups in total. The second-order valence-electron chi connectivity index (χ2n) is 9.63. The van der Waals surface area contributed by atoms with Gasteiger partial charge < -0.3 is 14.8 Å². The smallest absolute Gasteiger partial charge is 0.187 e. The predicted molar refractivity (Wildman–Crippen MR) is 164 cm³/mol. The summed E-state index contributed by atoms with van der Waals surface area (Å²) in [6, 6.07) is 30.2. The second-order valence-corrected chi connectivity index (χ2v) is 9.63. The first-order chi connectivity index (χ1) is 19.6. The molecule has 0 radical (unpaired) electrons. The number of aliphatic imine (C=N–C) groups is 1. The van der Waals surface area contributed by atoms with Crippen molar-refractivity contribution in [2.75, 3.05) is 13.1 Å². The lowest BCUT2D eigenvalue weighted by molar-refractivity contribution is 0.289. The van der Waals surface area contributed by atoms with Gasteiger partial charge in [-0.05, 0) is 65.8 Å². The lowest BCUT2D eigenvalue weighted by Crippen LogP contribution is -2.26. The summed E-state index contributed by atoms with van der Waals surface area (Å²) < 4.78 is 12.7. The van der Waals surface area contributed by atoms with Crippen LogP contribution in [0.25, 0.3) is 16.0 Å². The van der Waals surface area contributed by atoms with Crippen molar-refractivity contribution >= 4 is 11.5 Å². The zero-order chi connectivity index (χ0) is 28.2. The van der Waals surface area contributed by atoms with E-state index in [9.17, 15) is 0 Å². The van der Waals surface area contributed by atoms with E-state index in [1.807, 2.05) is 42.5 Å². The Bertz CT molecular complexity index is 1470. The molecule has 0 amide bonds. The van der Waals surface area contributed by atoms with Crippen LogP contribution in [-0.2, 0) is 13.2 Å². The van der Waals surface area contributed by atoms with E-state index in [-0.39, 0.29) is 0 Å². The van der Waals surface area contributed by atoms with Gasteiger partial charge in [-0.2, -0.15) is 0 Å². The molecule has 0 fully saturated rings. The Balaban J connectivity index is 1.60. The Morgan fingerprint density at radius 3 is 2.45 bits per heavy atom. The molecule has 0 spiro atoms. The first-order valence-corrected chi connectivity index (χ1v) is 13.9. The molecule has 0 saturated carbocycles. The molecule has 0 aliphatic carbocycles. The third-order valence-electron chi connectivity index (χ3n) is 6.60. The van der Waals surface area contributed by atoms with Gasteiger partial charge in [0.05, 0.1) is 12.1 Å². The first-order valence-electron chi connectivity index (χ1n) is 13.9. The molecule has 4 aromatic rings. The minimum atomic E-state index is 0.340. The van der Waals surface area contributed by atoms with Crippen molar-refractivity contribution in [3.63, 3.8) is 0 Å². The van der Waals surface area contributed by atoms with Crippen LogP contribution in [0.4, 0.5) is 5.69 Å². The summed E-state index contributed by atoms with van der Waals surface area (Å²) in [4.78, 5) is 8.36. The fourth-order valence-corrected chi connectivity index (χ4v) is 4.42. The third-order valence-corrected chi connectivity index (χ3v) is 6.60. The van der Waals surface area contributed by atoms with Crippen molar-refractivity contribution in [2.45, 2.75) is 46.8 Å². The molecule has 0 atom stereocenters. The first kappa shape index (κ1) is 28.4. The highest BCUT2D eigenvalue weighted by Gasteiger charge is 2.14. The maximum absolute atomic E-state index is 7.32. The van der Waals surface area contributed by atoms with E-state index in [0.717, 1.165) is 54.2 Å².